The minimum atomic E-state index is -3.65. The van der Waals surface area contributed by atoms with Crippen LogP contribution in [0.15, 0.2) is 83.1 Å². The van der Waals surface area contributed by atoms with Crippen LogP contribution >= 0.6 is 22.9 Å². The first-order valence-electron chi connectivity index (χ1n) is 14.1. The topological polar surface area (TPSA) is 140 Å². The molecule has 3 aromatic carbocycles. The lowest BCUT2D eigenvalue weighted by Crippen LogP contribution is -2.48. The fraction of sp³-hybridized carbons (Fsp3) is 0.250. The highest BCUT2D eigenvalue weighted by molar-refractivity contribution is 7.91. The van der Waals surface area contributed by atoms with Gasteiger partial charge in [-0.2, -0.15) is 4.31 Å². The lowest BCUT2D eigenvalue weighted by molar-refractivity contribution is 0.0950. The normalized spacial score (nSPS) is 13.3. The van der Waals surface area contributed by atoms with Gasteiger partial charge in [-0.1, -0.05) is 29.8 Å². The second kappa shape index (κ2) is 15.8. The number of amides is 2. The van der Waals surface area contributed by atoms with Crippen LogP contribution in [0, 0.1) is 0 Å². The average Bonchev–Trinajstić information content (AvgIpc) is 3.57. The molecule has 1 aliphatic heterocycles. The molecule has 5 rings (SSSR count). The van der Waals surface area contributed by atoms with E-state index in [1.54, 1.807) is 82.0 Å². The van der Waals surface area contributed by atoms with Crippen LogP contribution in [0.5, 0.6) is 17.2 Å². The first kappa shape index (κ1) is 34.6. The minimum Gasteiger partial charge on any atom is -0.493 e. The summed E-state index contributed by atoms with van der Waals surface area (Å²) in [7, 11) is 1.02. The van der Waals surface area contributed by atoms with Crippen molar-refractivity contribution in [3.8, 4) is 17.2 Å². The van der Waals surface area contributed by atoms with E-state index in [-0.39, 0.29) is 22.6 Å². The number of piperazine rings is 1. The summed E-state index contributed by atoms with van der Waals surface area (Å²) in [5.41, 5.74) is 6.88. The van der Waals surface area contributed by atoms with Gasteiger partial charge >= 0.3 is 0 Å². The summed E-state index contributed by atoms with van der Waals surface area (Å²) in [5.74, 6) is 0.961. The number of primary amides is 1. The highest BCUT2D eigenvalue weighted by atomic mass is 35.5. The molecule has 3 N–H and O–H groups in total. The number of anilines is 1. The molecule has 0 bridgehead atoms. The summed E-state index contributed by atoms with van der Waals surface area (Å²) in [6, 6.07) is 22.4. The van der Waals surface area contributed by atoms with Gasteiger partial charge < -0.3 is 30.2 Å². The molecule has 4 aromatic rings. The van der Waals surface area contributed by atoms with Gasteiger partial charge in [0.15, 0.2) is 11.5 Å². The molecule has 11 nitrogen and oxygen atoms in total. The van der Waals surface area contributed by atoms with E-state index in [0.29, 0.717) is 59.6 Å². The Labute approximate surface area is 277 Å². The van der Waals surface area contributed by atoms with Crippen LogP contribution in [0.4, 0.5) is 5.69 Å². The monoisotopic (exact) mass is 686 g/mol. The minimum absolute atomic E-state index is 0.233. The number of benzene rings is 3. The number of hydrogen-bond donors (Lipinski definition) is 2. The third-order valence-electron chi connectivity index (χ3n) is 7.07. The van der Waals surface area contributed by atoms with Crippen molar-refractivity contribution < 1.29 is 32.2 Å². The molecule has 1 fully saturated rings. The molecule has 0 unspecified atom stereocenters. The smallest absolute Gasteiger partial charge is 0.252 e. The van der Waals surface area contributed by atoms with E-state index in [2.05, 4.69) is 10.2 Å². The van der Waals surface area contributed by atoms with Gasteiger partial charge in [0.2, 0.25) is 11.7 Å². The van der Waals surface area contributed by atoms with Crippen molar-refractivity contribution in [2.45, 2.75) is 10.8 Å². The number of ether oxygens (including phenoxy) is 3. The Balaban J connectivity index is 0.000000459. The van der Waals surface area contributed by atoms with E-state index in [1.807, 2.05) is 18.2 Å². The number of hydrogen-bond acceptors (Lipinski definition) is 9. The van der Waals surface area contributed by atoms with Crippen molar-refractivity contribution in [1.82, 2.24) is 9.62 Å². The molecule has 0 spiro atoms. The Kier molecular flexibility index (Phi) is 11.9. The molecular formula is C32H35ClN4O7S2. The van der Waals surface area contributed by atoms with Crippen LogP contribution in [-0.4, -0.2) is 72.0 Å². The highest BCUT2D eigenvalue weighted by Gasteiger charge is 2.30. The maximum atomic E-state index is 13.3. The van der Waals surface area contributed by atoms with E-state index in [4.69, 9.17) is 31.5 Å². The number of carbonyl (C=O) groups excluding carboxylic acids is 2. The Morgan fingerprint density at radius 1 is 0.848 bits per heavy atom. The molecule has 1 saturated heterocycles. The zero-order chi connectivity index (χ0) is 33.3. The fourth-order valence-electron chi connectivity index (χ4n) is 4.63. The van der Waals surface area contributed by atoms with Crippen LogP contribution in [0.2, 0.25) is 5.02 Å². The number of methoxy groups -OCH3 is 3. The molecule has 2 amide bonds. The van der Waals surface area contributed by atoms with E-state index in [0.717, 1.165) is 21.9 Å². The van der Waals surface area contributed by atoms with Gasteiger partial charge in [0.25, 0.3) is 15.9 Å². The summed E-state index contributed by atoms with van der Waals surface area (Å²) in [6.45, 7) is 1.91. The number of halogens is 1. The second-order valence-electron chi connectivity index (χ2n) is 9.92. The standard InChI is InChI=1S/C25H28ClN3O6S2.C7H7NO/c1-33-21-14-19(15-22(34-2)24(21)35-3)28-10-12-29(13-11-28)37(31,32)23-9-8-20(36-23)16-27-25(30)17-4-6-18(26)7-5-17;8-7(9)6-4-2-1-3-5-6/h4-9,14-15H,10-13,16H2,1-3H3,(H,27,30);1-5H,(H2,8,9). The van der Waals surface area contributed by atoms with Crippen LogP contribution in [0.3, 0.4) is 0 Å². The number of carbonyl (C=O) groups is 2. The van der Waals surface area contributed by atoms with Crippen LogP contribution in [0.25, 0.3) is 0 Å². The molecule has 1 aliphatic rings. The van der Waals surface area contributed by atoms with Gasteiger partial charge in [-0.25, -0.2) is 8.42 Å². The molecule has 0 atom stereocenters. The van der Waals surface area contributed by atoms with Crippen molar-refractivity contribution in [3.63, 3.8) is 0 Å². The van der Waals surface area contributed by atoms with Crippen molar-refractivity contribution >= 4 is 50.5 Å². The predicted molar refractivity (Wildman–Crippen MR) is 179 cm³/mol. The maximum Gasteiger partial charge on any atom is 0.252 e. The molecule has 14 heteroatoms. The van der Waals surface area contributed by atoms with Crippen molar-refractivity contribution in [2.24, 2.45) is 5.73 Å². The van der Waals surface area contributed by atoms with E-state index in [1.165, 1.54) is 4.31 Å². The SMILES string of the molecule is COc1cc(N2CCN(S(=O)(=O)c3ccc(CNC(=O)c4ccc(Cl)cc4)s3)CC2)cc(OC)c1OC.NC(=O)c1ccccc1. The predicted octanol–water partition coefficient (Wildman–Crippen LogP) is 4.65. The van der Waals surface area contributed by atoms with E-state index >= 15 is 0 Å². The average molecular weight is 687 g/mol. The third-order valence-corrected chi connectivity index (χ3v) is 10.8. The number of thiophene rings is 1. The van der Waals surface area contributed by atoms with Crippen molar-refractivity contribution in [2.75, 3.05) is 52.4 Å². The summed E-state index contributed by atoms with van der Waals surface area (Å²) < 4.78 is 44.6. The Hall–Kier alpha value is -4.30. The van der Waals surface area contributed by atoms with Gasteiger partial charge in [-0.05, 0) is 48.5 Å². The van der Waals surface area contributed by atoms with Crippen LogP contribution in [-0.2, 0) is 16.6 Å². The Bertz CT molecular complexity index is 1720. The third kappa shape index (κ3) is 8.49. The number of nitrogens with one attached hydrogen (secondary N) is 1. The van der Waals surface area contributed by atoms with Gasteiger partial charge in [-0.15, -0.1) is 11.3 Å². The molecule has 244 valence electrons. The van der Waals surface area contributed by atoms with E-state index < -0.39 is 10.0 Å². The molecular weight excluding hydrogens is 652 g/mol. The van der Waals surface area contributed by atoms with E-state index in [9.17, 15) is 18.0 Å². The molecule has 1 aromatic heterocycles. The van der Waals surface area contributed by atoms with Gasteiger partial charge in [0.1, 0.15) is 4.21 Å². The molecule has 0 aliphatic carbocycles. The van der Waals surface area contributed by atoms with Crippen LogP contribution in [0.1, 0.15) is 25.6 Å². The Morgan fingerprint density at radius 3 is 1.98 bits per heavy atom. The van der Waals surface area contributed by atoms with Gasteiger partial charge in [0, 0.05) is 65.0 Å². The van der Waals surface area contributed by atoms with Crippen molar-refractivity contribution in [1.29, 1.82) is 0 Å². The summed E-state index contributed by atoms with van der Waals surface area (Å²) >= 11 is 7.02. The number of sulfonamides is 1. The first-order valence-corrected chi connectivity index (χ1v) is 16.7. The lowest BCUT2D eigenvalue weighted by Gasteiger charge is -2.35. The number of rotatable bonds is 10. The molecule has 0 saturated carbocycles. The molecule has 2 heterocycles. The summed E-state index contributed by atoms with van der Waals surface area (Å²) in [4.78, 5) is 25.6. The van der Waals surface area contributed by atoms with Gasteiger partial charge in [-0.3, -0.25) is 9.59 Å². The first-order chi connectivity index (χ1) is 22.1. The number of nitrogens with zero attached hydrogens (tertiary/aromatic N) is 2. The van der Waals surface area contributed by atoms with Gasteiger partial charge in [0.05, 0.1) is 27.9 Å². The lowest BCUT2D eigenvalue weighted by atomic mass is 10.2. The largest absolute Gasteiger partial charge is 0.493 e. The number of nitrogens with two attached hydrogens (primary N) is 1. The zero-order valence-corrected chi connectivity index (χ0v) is 28.0. The molecule has 0 radical (unpaired) electrons. The Morgan fingerprint density at radius 2 is 1.46 bits per heavy atom. The maximum absolute atomic E-state index is 13.3. The van der Waals surface area contributed by atoms with Crippen molar-refractivity contribution in [3.05, 3.63) is 99.9 Å². The van der Waals surface area contributed by atoms with Crippen LogP contribution < -0.4 is 30.2 Å². The highest BCUT2D eigenvalue weighted by Crippen LogP contribution is 2.41. The molecule has 46 heavy (non-hydrogen) atoms. The fourth-order valence-corrected chi connectivity index (χ4v) is 7.63. The quantitative estimate of drug-likeness (QED) is 0.246. The summed E-state index contributed by atoms with van der Waals surface area (Å²) in [6.07, 6.45) is 0. The zero-order valence-electron chi connectivity index (χ0n) is 25.6. The summed E-state index contributed by atoms with van der Waals surface area (Å²) in [5, 5.41) is 3.36. The second-order valence-corrected chi connectivity index (χ2v) is 13.7.